The van der Waals surface area contributed by atoms with Crippen LogP contribution in [0.3, 0.4) is 0 Å². The highest BCUT2D eigenvalue weighted by Gasteiger charge is 2.27. The van der Waals surface area contributed by atoms with Crippen LogP contribution in [0.4, 0.5) is 0 Å². The van der Waals surface area contributed by atoms with Crippen molar-refractivity contribution in [3.05, 3.63) is 77.9 Å². The molecule has 0 aliphatic heterocycles. The second-order valence-electron chi connectivity index (χ2n) is 9.85. The summed E-state index contributed by atoms with van der Waals surface area (Å²) in [5.74, 6) is 0.172. The van der Waals surface area contributed by atoms with Gasteiger partial charge in [-0.3, -0.25) is 9.79 Å². The van der Waals surface area contributed by atoms with Gasteiger partial charge in [-0.25, -0.2) is 4.57 Å². The maximum Gasteiger partial charge on any atom is 0.524 e. The van der Waals surface area contributed by atoms with Crippen LogP contribution in [0.15, 0.2) is 66.7 Å². The minimum atomic E-state index is -4.75. The quantitative estimate of drug-likeness (QED) is 0.427. The molecule has 0 bridgehead atoms. The Balaban J connectivity index is 2.43. The van der Waals surface area contributed by atoms with Gasteiger partial charge in [0.15, 0.2) is 0 Å². The van der Waals surface area contributed by atoms with E-state index in [-0.39, 0.29) is 16.6 Å². The Kier molecular flexibility index (Phi) is 6.21. The lowest BCUT2D eigenvalue weighted by atomic mass is 9.77. The van der Waals surface area contributed by atoms with Crippen molar-refractivity contribution in [1.29, 1.82) is 0 Å². The first-order valence-corrected chi connectivity index (χ1v) is 11.9. The monoisotopic (exact) mass is 438 g/mol. The fraction of sp³-hybridized carbons (Fsp3) is 0.308. The molecule has 0 saturated carbocycles. The van der Waals surface area contributed by atoms with Crippen LogP contribution in [0, 0.1) is 0 Å². The Labute approximate surface area is 185 Å². The van der Waals surface area contributed by atoms with Crippen LogP contribution in [0.5, 0.6) is 5.75 Å². The van der Waals surface area contributed by atoms with Gasteiger partial charge in [0.2, 0.25) is 0 Å². The van der Waals surface area contributed by atoms with E-state index < -0.39 is 7.82 Å². The molecule has 0 aliphatic rings. The van der Waals surface area contributed by atoms with Crippen LogP contribution in [0.2, 0.25) is 0 Å². The van der Waals surface area contributed by atoms with Crippen molar-refractivity contribution in [1.82, 2.24) is 0 Å². The molecule has 0 radical (unpaired) electrons. The van der Waals surface area contributed by atoms with Gasteiger partial charge in [0.1, 0.15) is 5.75 Å². The summed E-state index contributed by atoms with van der Waals surface area (Å²) in [6, 6.07) is 21.5. The summed E-state index contributed by atoms with van der Waals surface area (Å²) in [7, 11) is -4.75. The fourth-order valence-corrected chi connectivity index (χ4v) is 4.37. The predicted molar refractivity (Wildman–Crippen MR) is 127 cm³/mol. The van der Waals surface area contributed by atoms with Crippen LogP contribution in [-0.2, 0) is 15.4 Å². The van der Waals surface area contributed by atoms with Gasteiger partial charge in [0.05, 0.1) is 0 Å². The van der Waals surface area contributed by atoms with Gasteiger partial charge in [-0.1, -0.05) is 102 Å². The van der Waals surface area contributed by atoms with E-state index in [9.17, 15) is 14.4 Å². The Morgan fingerprint density at radius 3 is 1.61 bits per heavy atom. The number of hydrogen-bond donors (Lipinski definition) is 2. The van der Waals surface area contributed by atoms with Crippen LogP contribution >= 0.6 is 7.82 Å². The first-order valence-electron chi connectivity index (χ1n) is 10.4. The summed E-state index contributed by atoms with van der Waals surface area (Å²) >= 11 is 0. The number of benzene rings is 3. The summed E-state index contributed by atoms with van der Waals surface area (Å²) in [5, 5.41) is 0. The molecular formula is C26H31O4P. The van der Waals surface area contributed by atoms with Crippen molar-refractivity contribution >= 4 is 7.82 Å². The Morgan fingerprint density at radius 2 is 1.10 bits per heavy atom. The summed E-state index contributed by atoms with van der Waals surface area (Å²) in [5.41, 5.74) is 5.43. The largest absolute Gasteiger partial charge is 0.524 e. The second kappa shape index (κ2) is 8.27. The zero-order valence-electron chi connectivity index (χ0n) is 19.0. The van der Waals surface area contributed by atoms with Gasteiger partial charge >= 0.3 is 7.82 Å². The zero-order chi connectivity index (χ0) is 23.0. The number of phosphoric acid groups is 1. The third-order valence-corrected chi connectivity index (χ3v) is 5.71. The van der Waals surface area contributed by atoms with Gasteiger partial charge in [-0.05, 0) is 44.7 Å². The highest BCUT2D eigenvalue weighted by atomic mass is 31.2. The third kappa shape index (κ3) is 5.27. The molecule has 0 unspecified atom stereocenters. The summed E-state index contributed by atoms with van der Waals surface area (Å²) in [6.07, 6.45) is 0. The van der Waals surface area contributed by atoms with Gasteiger partial charge in [-0.2, -0.15) is 0 Å². The molecule has 0 fully saturated rings. The molecule has 2 N–H and O–H groups in total. The van der Waals surface area contributed by atoms with Crippen molar-refractivity contribution < 1.29 is 18.9 Å². The zero-order valence-corrected chi connectivity index (χ0v) is 19.9. The average Bonchev–Trinajstić information content (AvgIpc) is 2.65. The topological polar surface area (TPSA) is 66.8 Å². The SMILES string of the molecule is CC(C)(C)c1ccccc1-c1cccc(OP(=O)(O)O)c1-c1ccccc1C(C)(C)C. The molecule has 3 aromatic carbocycles. The summed E-state index contributed by atoms with van der Waals surface area (Å²) in [6.45, 7) is 12.9. The molecule has 0 aliphatic carbocycles. The van der Waals surface area contributed by atoms with E-state index in [1.165, 1.54) is 0 Å². The van der Waals surface area contributed by atoms with Crippen molar-refractivity contribution in [3.8, 4) is 28.0 Å². The maximum absolute atomic E-state index is 11.8. The van der Waals surface area contributed by atoms with Crippen molar-refractivity contribution in [3.63, 3.8) is 0 Å². The molecule has 0 atom stereocenters. The molecule has 0 aromatic heterocycles. The van der Waals surface area contributed by atoms with Crippen molar-refractivity contribution in [2.24, 2.45) is 0 Å². The molecule has 3 aromatic rings. The molecule has 5 heteroatoms. The molecule has 0 spiro atoms. The number of rotatable bonds is 4. The van der Waals surface area contributed by atoms with E-state index in [0.29, 0.717) is 5.56 Å². The van der Waals surface area contributed by atoms with E-state index in [2.05, 4.69) is 59.7 Å². The van der Waals surface area contributed by atoms with Gasteiger partial charge in [0.25, 0.3) is 0 Å². The molecule has 0 saturated heterocycles. The Hall–Kier alpha value is -2.39. The molecule has 0 heterocycles. The smallest absolute Gasteiger partial charge is 0.404 e. The Morgan fingerprint density at radius 1 is 0.645 bits per heavy atom. The standard InChI is InChI=1S/C26H31O4P/c1-25(2,3)21-15-9-7-12-18(21)19-14-11-17-23(30-31(27,28)29)24(19)20-13-8-10-16-22(20)26(4,5)6/h7-17H,1-6H3,(H2,27,28,29). The first kappa shape index (κ1) is 23.3. The number of hydrogen-bond acceptors (Lipinski definition) is 2. The van der Waals surface area contributed by atoms with E-state index in [1.54, 1.807) is 12.1 Å². The normalized spacial score (nSPS) is 12.6. The van der Waals surface area contributed by atoms with Crippen LogP contribution < -0.4 is 4.52 Å². The summed E-state index contributed by atoms with van der Waals surface area (Å²) in [4.78, 5) is 19.2. The second-order valence-corrected chi connectivity index (χ2v) is 11.0. The lowest BCUT2D eigenvalue weighted by Crippen LogP contribution is -2.14. The predicted octanol–water partition coefficient (Wildman–Crippen LogP) is 7.09. The van der Waals surface area contributed by atoms with Crippen LogP contribution in [-0.4, -0.2) is 9.79 Å². The molecule has 164 valence electrons. The summed E-state index contributed by atoms with van der Waals surface area (Å²) < 4.78 is 17.0. The van der Waals surface area contributed by atoms with E-state index in [4.69, 9.17) is 4.52 Å². The van der Waals surface area contributed by atoms with Crippen LogP contribution in [0.25, 0.3) is 22.3 Å². The molecular weight excluding hydrogens is 407 g/mol. The van der Waals surface area contributed by atoms with Crippen molar-refractivity contribution in [2.75, 3.05) is 0 Å². The van der Waals surface area contributed by atoms with Gasteiger partial charge in [-0.15, -0.1) is 0 Å². The average molecular weight is 439 g/mol. The first-order chi connectivity index (χ1) is 14.3. The van der Waals surface area contributed by atoms with E-state index in [0.717, 1.165) is 27.8 Å². The van der Waals surface area contributed by atoms with Crippen LogP contribution in [0.1, 0.15) is 52.7 Å². The lowest BCUT2D eigenvalue weighted by molar-refractivity contribution is 0.283. The maximum atomic E-state index is 11.8. The lowest BCUT2D eigenvalue weighted by Gasteiger charge is -2.28. The van der Waals surface area contributed by atoms with E-state index >= 15 is 0 Å². The minimum absolute atomic E-state index is 0.114. The minimum Gasteiger partial charge on any atom is -0.404 e. The highest BCUT2D eigenvalue weighted by molar-refractivity contribution is 7.46. The molecule has 3 rings (SSSR count). The number of phosphoric ester groups is 1. The Bertz CT molecular complexity index is 1130. The molecule has 4 nitrogen and oxygen atoms in total. The van der Waals surface area contributed by atoms with Gasteiger partial charge < -0.3 is 4.52 Å². The van der Waals surface area contributed by atoms with Gasteiger partial charge in [0, 0.05) is 5.56 Å². The van der Waals surface area contributed by atoms with Crippen molar-refractivity contribution in [2.45, 2.75) is 52.4 Å². The molecule has 31 heavy (non-hydrogen) atoms. The highest BCUT2D eigenvalue weighted by Crippen LogP contribution is 2.49. The fourth-order valence-electron chi connectivity index (χ4n) is 3.96. The third-order valence-electron chi connectivity index (χ3n) is 5.27. The molecule has 0 amide bonds. The van der Waals surface area contributed by atoms with E-state index in [1.807, 2.05) is 36.4 Å².